The summed E-state index contributed by atoms with van der Waals surface area (Å²) in [4.78, 5) is 11.9. The van der Waals surface area contributed by atoms with Gasteiger partial charge in [0, 0.05) is 18.3 Å². The first kappa shape index (κ1) is 14.3. The molecule has 0 unspecified atom stereocenters. The number of hydrogen-bond acceptors (Lipinski definition) is 2. The maximum atomic E-state index is 13.4. The van der Waals surface area contributed by atoms with E-state index in [1.165, 1.54) is 19.1 Å². The number of halogens is 1. The molecule has 3 rings (SSSR count). The molecule has 0 saturated heterocycles. The number of rotatable bonds is 4. The predicted molar refractivity (Wildman–Crippen MR) is 84.0 cm³/mol. The lowest BCUT2D eigenvalue weighted by atomic mass is 10.1. The summed E-state index contributed by atoms with van der Waals surface area (Å²) in [5, 5.41) is 0.800. The monoisotopic (exact) mass is 297 g/mol. The van der Waals surface area contributed by atoms with Gasteiger partial charge in [0.05, 0.1) is 18.0 Å². The molecule has 0 aliphatic carbocycles. The summed E-state index contributed by atoms with van der Waals surface area (Å²) in [5.41, 5.74) is 2.35. The second kappa shape index (κ2) is 5.64. The molecule has 0 N–H and O–H groups in total. The number of methoxy groups -OCH3 is 1. The fourth-order valence-electron chi connectivity index (χ4n) is 2.72. The standard InChI is InChI=1S/C18H16FNO2/c1-12(21)15-11-20(10-13-5-3-6-14(19)9-13)16-7-4-8-17(22-2)18(15)16/h3-9,11H,10H2,1-2H3. The number of hydrogen-bond donors (Lipinski definition) is 0. The fraction of sp³-hybridized carbons (Fsp3) is 0.167. The van der Waals surface area contributed by atoms with Crippen LogP contribution in [0.2, 0.25) is 0 Å². The van der Waals surface area contributed by atoms with Crippen LogP contribution in [0, 0.1) is 5.82 Å². The van der Waals surface area contributed by atoms with Crippen molar-refractivity contribution < 1.29 is 13.9 Å². The normalized spacial score (nSPS) is 10.9. The van der Waals surface area contributed by atoms with Crippen LogP contribution >= 0.6 is 0 Å². The molecule has 2 aromatic carbocycles. The lowest BCUT2D eigenvalue weighted by Crippen LogP contribution is -1.98. The van der Waals surface area contributed by atoms with Crippen molar-refractivity contribution in [2.24, 2.45) is 0 Å². The molecule has 0 spiro atoms. The molecule has 1 heterocycles. The quantitative estimate of drug-likeness (QED) is 0.681. The van der Waals surface area contributed by atoms with Gasteiger partial charge in [-0.1, -0.05) is 18.2 Å². The third-order valence-electron chi connectivity index (χ3n) is 3.71. The van der Waals surface area contributed by atoms with E-state index in [-0.39, 0.29) is 11.6 Å². The van der Waals surface area contributed by atoms with Crippen LogP contribution in [-0.4, -0.2) is 17.5 Å². The number of nitrogens with zero attached hydrogens (tertiary/aromatic N) is 1. The fourth-order valence-corrected chi connectivity index (χ4v) is 2.72. The van der Waals surface area contributed by atoms with Crippen molar-refractivity contribution >= 4 is 16.7 Å². The van der Waals surface area contributed by atoms with E-state index in [0.29, 0.717) is 17.9 Å². The minimum atomic E-state index is -0.265. The molecule has 3 nitrogen and oxygen atoms in total. The van der Waals surface area contributed by atoms with Gasteiger partial charge in [-0.05, 0) is 36.8 Å². The topological polar surface area (TPSA) is 31.2 Å². The number of aromatic nitrogens is 1. The Balaban J connectivity index is 2.16. The molecular weight excluding hydrogens is 281 g/mol. The van der Waals surface area contributed by atoms with E-state index in [2.05, 4.69) is 0 Å². The second-order valence-corrected chi connectivity index (χ2v) is 5.21. The van der Waals surface area contributed by atoms with E-state index in [9.17, 15) is 9.18 Å². The van der Waals surface area contributed by atoms with Crippen molar-refractivity contribution in [1.29, 1.82) is 0 Å². The molecule has 3 aromatic rings. The molecule has 0 amide bonds. The highest BCUT2D eigenvalue weighted by Crippen LogP contribution is 2.31. The number of ether oxygens (including phenoxy) is 1. The van der Waals surface area contributed by atoms with E-state index < -0.39 is 0 Å². The number of carbonyl (C=O) groups excluding carboxylic acids is 1. The van der Waals surface area contributed by atoms with Crippen LogP contribution in [0.25, 0.3) is 10.9 Å². The van der Waals surface area contributed by atoms with Crippen molar-refractivity contribution in [2.45, 2.75) is 13.5 Å². The first-order valence-electron chi connectivity index (χ1n) is 7.01. The molecule has 0 bridgehead atoms. The van der Waals surface area contributed by atoms with E-state index in [1.54, 1.807) is 19.4 Å². The minimum Gasteiger partial charge on any atom is -0.496 e. The highest BCUT2D eigenvalue weighted by atomic mass is 19.1. The van der Waals surface area contributed by atoms with Crippen LogP contribution in [0.5, 0.6) is 5.75 Å². The Labute approximate surface area is 127 Å². The average Bonchev–Trinajstić information content (AvgIpc) is 2.86. The number of ketones is 1. The first-order valence-corrected chi connectivity index (χ1v) is 7.01. The predicted octanol–water partition coefficient (Wildman–Crippen LogP) is 4.04. The lowest BCUT2D eigenvalue weighted by Gasteiger charge is -2.07. The van der Waals surface area contributed by atoms with Crippen molar-refractivity contribution in [3.8, 4) is 5.75 Å². The number of carbonyl (C=O) groups is 1. The highest BCUT2D eigenvalue weighted by molar-refractivity contribution is 6.09. The van der Waals surface area contributed by atoms with E-state index in [1.807, 2.05) is 28.8 Å². The Hall–Kier alpha value is -2.62. The van der Waals surface area contributed by atoms with E-state index in [4.69, 9.17) is 4.74 Å². The zero-order valence-electron chi connectivity index (χ0n) is 12.5. The van der Waals surface area contributed by atoms with E-state index >= 15 is 0 Å². The maximum Gasteiger partial charge on any atom is 0.162 e. The van der Waals surface area contributed by atoms with Crippen molar-refractivity contribution in [3.63, 3.8) is 0 Å². The molecular formula is C18H16FNO2. The molecule has 0 radical (unpaired) electrons. The molecule has 0 fully saturated rings. The number of Topliss-reactive ketones (excluding diaryl/α,β-unsaturated/α-hetero) is 1. The van der Waals surface area contributed by atoms with Crippen molar-refractivity contribution in [2.75, 3.05) is 7.11 Å². The number of fused-ring (bicyclic) bond motifs is 1. The summed E-state index contributed by atoms with van der Waals surface area (Å²) < 4.78 is 20.7. The zero-order chi connectivity index (χ0) is 15.7. The molecule has 0 aliphatic rings. The van der Waals surface area contributed by atoms with Crippen LogP contribution in [0.15, 0.2) is 48.7 Å². The van der Waals surface area contributed by atoms with Crippen LogP contribution in [0.4, 0.5) is 4.39 Å². The van der Waals surface area contributed by atoms with Gasteiger partial charge < -0.3 is 9.30 Å². The Morgan fingerprint density at radius 1 is 1.23 bits per heavy atom. The largest absolute Gasteiger partial charge is 0.496 e. The van der Waals surface area contributed by atoms with E-state index in [0.717, 1.165) is 16.5 Å². The first-order chi connectivity index (χ1) is 10.6. The smallest absolute Gasteiger partial charge is 0.162 e. The van der Waals surface area contributed by atoms with Crippen molar-refractivity contribution in [1.82, 2.24) is 4.57 Å². The summed E-state index contributed by atoms with van der Waals surface area (Å²) in [6.45, 7) is 2.03. The zero-order valence-corrected chi connectivity index (χ0v) is 12.5. The third kappa shape index (κ3) is 2.48. The van der Waals surface area contributed by atoms with Crippen molar-refractivity contribution in [3.05, 3.63) is 65.6 Å². The Kier molecular flexibility index (Phi) is 3.67. The maximum absolute atomic E-state index is 13.4. The SMILES string of the molecule is COc1cccc2c1c(C(C)=O)cn2Cc1cccc(F)c1. The molecule has 0 aliphatic heterocycles. The van der Waals surface area contributed by atoms with Gasteiger partial charge in [0.25, 0.3) is 0 Å². The van der Waals surface area contributed by atoms with Crippen LogP contribution in [0.1, 0.15) is 22.8 Å². The van der Waals surface area contributed by atoms with Gasteiger partial charge in [-0.2, -0.15) is 0 Å². The summed E-state index contributed by atoms with van der Waals surface area (Å²) in [5.74, 6) is 0.381. The Bertz CT molecular complexity index is 851. The highest BCUT2D eigenvalue weighted by Gasteiger charge is 2.16. The van der Waals surface area contributed by atoms with Crippen LogP contribution in [0.3, 0.4) is 0 Å². The summed E-state index contributed by atoms with van der Waals surface area (Å²) in [6.07, 6.45) is 1.81. The summed E-state index contributed by atoms with van der Waals surface area (Å²) >= 11 is 0. The van der Waals surface area contributed by atoms with Crippen LogP contribution < -0.4 is 4.74 Å². The van der Waals surface area contributed by atoms with Gasteiger partial charge >= 0.3 is 0 Å². The second-order valence-electron chi connectivity index (χ2n) is 5.21. The van der Waals surface area contributed by atoms with Crippen LogP contribution in [-0.2, 0) is 6.54 Å². The lowest BCUT2D eigenvalue weighted by molar-refractivity contribution is 0.101. The third-order valence-corrected chi connectivity index (χ3v) is 3.71. The average molecular weight is 297 g/mol. The Morgan fingerprint density at radius 3 is 2.68 bits per heavy atom. The van der Waals surface area contributed by atoms with Gasteiger partial charge in [0.1, 0.15) is 11.6 Å². The van der Waals surface area contributed by atoms with Gasteiger partial charge in [-0.15, -0.1) is 0 Å². The number of benzene rings is 2. The van der Waals surface area contributed by atoms with Gasteiger partial charge in [-0.3, -0.25) is 4.79 Å². The van der Waals surface area contributed by atoms with Gasteiger partial charge in [0.15, 0.2) is 5.78 Å². The Morgan fingerprint density at radius 2 is 2.00 bits per heavy atom. The van der Waals surface area contributed by atoms with Gasteiger partial charge in [-0.25, -0.2) is 4.39 Å². The molecule has 112 valence electrons. The molecule has 1 aromatic heterocycles. The summed E-state index contributed by atoms with van der Waals surface area (Å²) in [7, 11) is 1.59. The van der Waals surface area contributed by atoms with Gasteiger partial charge in [0.2, 0.25) is 0 Å². The molecule has 4 heteroatoms. The molecule has 0 saturated carbocycles. The summed E-state index contributed by atoms with van der Waals surface area (Å²) in [6, 6.07) is 12.1. The molecule has 22 heavy (non-hydrogen) atoms. The molecule has 0 atom stereocenters. The minimum absolute atomic E-state index is 0.0208.